The zero-order valence-corrected chi connectivity index (χ0v) is 9.51. The molecule has 0 radical (unpaired) electrons. The minimum absolute atomic E-state index is 0.0463. The van der Waals surface area contributed by atoms with Crippen LogP contribution < -0.4 is 11.1 Å². The Morgan fingerprint density at radius 1 is 1.44 bits per heavy atom. The molecule has 3 nitrogen and oxygen atoms in total. The molecule has 0 spiro atoms. The first kappa shape index (κ1) is 14.3. The average Bonchev–Trinajstić information content (AvgIpc) is 2.28. The fourth-order valence-corrected chi connectivity index (χ4v) is 1.31. The first-order chi connectivity index (χ1) is 8.28. The number of hydrogen-bond donors (Lipinski definition) is 2. The van der Waals surface area contributed by atoms with Crippen molar-refractivity contribution >= 4 is 17.3 Å². The molecule has 0 saturated carbocycles. The van der Waals surface area contributed by atoms with Gasteiger partial charge in [0.05, 0.1) is 0 Å². The largest absolute Gasteiger partial charge is 0.398 e. The molecule has 1 aromatic carbocycles. The van der Waals surface area contributed by atoms with Gasteiger partial charge in [0.25, 0.3) is 0 Å². The second kappa shape index (κ2) is 5.24. The smallest absolute Gasteiger partial charge is 0.383 e. The van der Waals surface area contributed by atoms with Crippen LogP contribution in [0.15, 0.2) is 18.2 Å². The fraction of sp³-hybridized carbons (Fsp3) is 0.364. The molecule has 1 amide bonds. The standard InChI is InChI=1S/C11H12F4N2O/c1-2-6-3-4-7(5-8(6)16)17-10(18)11(14,15)9(12)13/h3-5,9H,2,16H2,1H3,(H,17,18). The minimum Gasteiger partial charge on any atom is -0.398 e. The first-order valence-electron chi connectivity index (χ1n) is 5.14. The molecule has 0 aliphatic carbocycles. The summed E-state index contributed by atoms with van der Waals surface area (Å²) in [5.74, 6) is -6.78. The van der Waals surface area contributed by atoms with Gasteiger partial charge in [-0.15, -0.1) is 0 Å². The molecule has 0 unspecified atom stereocenters. The van der Waals surface area contributed by atoms with Gasteiger partial charge >= 0.3 is 18.3 Å². The van der Waals surface area contributed by atoms with E-state index in [0.717, 1.165) is 5.56 Å². The second-order valence-corrected chi connectivity index (χ2v) is 3.64. The second-order valence-electron chi connectivity index (χ2n) is 3.64. The molecule has 0 aliphatic rings. The van der Waals surface area contributed by atoms with Crippen LogP contribution in [0.5, 0.6) is 0 Å². The molecule has 0 saturated heterocycles. The van der Waals surface area contributed by atoms with Gasteiger partial charge in [0.15, 0.2) is 0 Å². The SMILES string of the molecule is CCc1ccc(NC(=O)C(F)(F)C(F)F)cc1N. The number of aryl methyl sites for hydroxylation is 1. The maximum Gasteiger partial charge on any atom is 0.383 e. The molecule has 3 N–H and O–H groups in total. The van der Waals surface area contributed by atoms with E-state index in [2.05, 4.69) is 0 Å². The van der Waals surface area contributed by atoms with E-state index in [0.29, 0.717) is 12.1 Å². The van der Waals surface area contributed by atoms with E-state index in [9.17, 15) is 22.4 Å². The molecule has 0 fully saturated rings. The van der Waals surface area contributed by atoms with Crippen molar-refractivity contribution in [2.45, 2.75) is 25.7 Å². The van der Waals surface area contributed by atoms with E-state index in [1.54, 1.807) is 5.32 Å². The van der Waals surface area contributed by atoms with Crippen molar-refractivity contribution in [2.75, 3.05) is 11.1 Å². The number of nitrogen functional groups attached to an aromatic ring is 1. The van der Waals surface area contributed by atoms with Crippen molar-refractivity contribution in [1.82, 2.24) is 0 Å². The highest BCUT2D eigenvalue weighted by Gasteiger charge is 2.48. The van der Waals surface area contributed by atoms with Gasteiger partial charge in [-0.05, 0) is 24.1 Å². The molecule has 0 atom stereocenters. The molecule has 7 heteroatoms. The van der Waals surface area contributed by atoms with Gasteiger partial charge in [-0.1, -0.05) is 13.0 Å². The van der Waals surface area contributed by atoms with Crippen LogP contribution in [0.25, 0.3) is 0 Å². The average molecular weight is 264 g/mol. The summed E-state index contributed by atoms with van der Waals surface area (Å²) in [7, 11) is 0. The Labute approximate surface area is 101 Å². The van der Waals surface area contributed by atoms with Gasteiger partial charge in [-0.2, -0.15) is 8.78 Å². The highest BCUT2D eigenvalue weighted by molar-refractivity contribution is 5.96. The van der Waals surface area contributed by atoms with Crippen LogP contribution in [0.2, 0.25) is 0 Å². The molecule has 1 aromatic rings. The molecular formula is C11H12F4N2O. The number of nitrogens with two attached hydrogens (primary N) is 1. The van der Waals surface area contributed by atoms with Crippen molar-refractivity contribution in [2.24, 2.45) is 0 Å². The highest BCUT2D eigenvalue weighted by atomic mass is 19.3. The number of rotatable bonds is 4. The van der Waals surface area contributed by atoms with Crippen LogP contribution in [0.1, 0.15) is 12.5 Å². The lowest BCUT2D eigenvalue weighted by Crippen LogP contribution is -2.41. The number of carbonyl (C=O) groups excluding carboxylic acids is 1. The quantitative estimate of drug-likeness (QED) is 0.649. The number of benzene rings is 1. The summed E-state index contributed by atoms with van der Waals surface area (Å²) in [5, 5.41) is 1.71. The number of halogens is 4. The molecule has 0 aromatic heterocycles. The van der Waals surface area contributed by atoms with Crippen molar-refractivity contribution in [3.05, 3.63) is 23.8 Å². The van der Waals surface area contributed by atoms with E-state index in [4.69, 9.17) is 5.73 Å². The summed E-state index contributed by atoms with van der Waals surface area (Å²) in [6.45, 7) is 1.84. The molecule has 0 bridgehead atoms. The van der Waals surface area contributed by atoms with Gasteiger partial charge < -0.3 is 11.1 Å². The number of hydrogen-bond acceptors (Lipinski definition) is 2. The predicted molar refractivity (Wildman–Crippen MR) is 59.8 cm³/mol. The number of alkyl halides is 4. The monoisotopic (exact) mass is 264 g/mol. The van der Waals surface area contributed by atoms with Crippen LogP contribution >= 0.6 is 0 Å². The molecule has 1 rings (SSSR count). The van der Waals surface area contributed by atoms with Crippen molar-refractivity contribution in [3.8, 4) is 0 Å². The summed E-state index contributed by atoms with van der Waals surface area (Å²) in [4.78, 5) is 11.0. The summed E-state index contributed by atoms with van der Waals surface area (Å²) in [6, 6.07) is 4.11. The van der Waals surface area contributed by atoms with Gasteiger partial charge in [-0.3, -0.25) is 4.79 Å². The van der Waals surface area contributed by atoms with Gasteiger partial charge in [0, 0.05) is 11.4 Å². The zero-order valence-electron chi connectivity index (χ0n) is 9.51. The Morgan fingerprint density at radius 3 is 2.50 bits per heavy atom. The Morgan fingerprint density at radius 2 is 2.06 bits per heavy atom. The molecule has 100 valence electrons. The number of amides is 1. The normalized spacial score (nSPS) is 11.7. The number of anilines is 2. The lowest BCUT2D eigenvalue weighted by Gasteiger charge is -2.15. The minimum atomic E-state index is -4.72. The van der Waals surface area contributed by atoms with Crippen molar-refractivity contribution in [1.29, 1.82) is 0 Å². The highest BCUT2D eigenvalue weighted by Crippen LogP contribution is 2.26. The summed E-state index contributed by atoms with van der Waals surface area (Å²) in [6.07, 6.45) is -3.42. The van der Waals surface area contributed by atoms with Crippen molar-refractivity contribution in [3.63, 3.8) is 0 Å². The lowest BCUT2D eigenvalue weighted by molar-refractivity contribution is -0.163. The molecular weight excluding hydrogens is 252 g/mol. The summed E-state index contributed by atoms with van der Waals surface area (Å²) < 4.78 is 49.2. The Kier molecular flexibility index (Phi) is 4.15. The van der Waals surface area contributed by atoms with Crippen LogP contribution in [-0.4, -0.2) is 18.3 Å². The van der Waals surface area contributed by atoms with Crippen molar-refractivity contribution < 1.29 is 22.4 Å². The number of nitrogens with one attached hydrogen (secondary N) is 1. The summed E-state index contributed by atoms with van der Waals surface area (Å²) >= 11 is 0. The van der Waals surface area contributed by atoms with E-state index < -0.39 is 18.3 Å². The maximum atomic E-state index is 12.7. The Hall–Kier alpha value is -1.79. The lowest BCUT2D eigenvalue weighted by atomic mass is 10.1. The van der Waals surface area contributed by atoms with Gasteiger partial charge in [0.1, 0.15) is 0 Å². The maximum absolute atomic E-state index is 12.7. The van der Waals surface area contributed by atoms with Crippen LogP contribution in [-0.2, 0) is 11.2 Å². The zero-order chi connectivity index (χ0) is 13.9. The third-order valence-corrected chi connectivity index (χ3v) is 2.36. The van der Waals surface area contributed by atoms with E-state index in [1.165, 1.54) is 18.2 Å². The fourth-order valence-electron chi connectivity index (χ4n) is 1.31. The predicted octanol–water partition coefficient (Wildman–Crippen LogP) is 2.67. The topological polar surface area (TPSA) is 55.1 Å². The number of carbonyl (C=O) groups is 1. The van der Waals surface area contributed by atoms with Crippen LogP contribution in [0.3, 0.4) is 0 Å². The Balaban J connectivity index is 2.86. The van der Waals surface area contributed by atoms with E-state index in [-0.39, 0.29) is 5.69 Å². The first-order valence-corrected chi connectivity index (χ1v) is 5.14. The molecule has 18 heavy (non-hydrogen) atoms. The van der Waals surface area contributed by atoms with Gasteiger partial charge in [-0.25, -0.2) is 8.78 Å². The van der Waals surface area contributed by atoms with E-state index in [1.807, 2.05) is 6.92 Å². The molecule has 0 heterocycles. The van der Waals surface area contributed by atoms with E-state index >= 15 is 0 Å². The third kappa shape index (κ3) is 2.91. The summed E-state index contributed by atoms with van der Waals surface area (Å²) in [5.41, 5.74) is 6.62. The van der Waals surface area contributed by atoms with Crippen LogP contribution in [0, 0.1) is 0 Å². The molecule has 0 aliphatic heterocycles. The van der Waals surface area contributed by atoms with Gasteiger partial charge in [0.2, 0.25) is 0 Å². The Bertz CT molecular complexity index is 449. The van der Waals surface area contributed by atoms with Crippen LogP contribution in [0.4, 0.5) is 28.9 Å². The third-order valence-electron chi connectivity index (χ3n) is 2.36.